The Kier molecular flexibility index (Phi) is 10.7. The van der Waals surface area contributed by atoms with Gasteiger partial charge in [0, 0.05) is 13.1 Å². The summed E-state index contributed by atoms with van der Waals surface area (Å²) >= 11 is 0. The number of nitrogens with zero attached hydrogens (tertiary/aromatic N) is 4. The van der Waals surface area contributed by atoms with E-state index < -0.39 is 17.7 Å². The molecule has 4 atom stereocenters. The number of methoxy groups -OCH3 is 1. The van der Waals surface area contributed by atoms with Crippen LogP contribution in [0, 0.1) is 11.8 Å². The molecular formula is C42H55N7O5. The summed E-state index contributed by atoms with van der Waals surface area (Å²) in [5.74, 6) is 1.89. The van der Waals surface area contributed by atoms with Gasteiger partial charge in [0.05, 0.1) is 43.0 Å². The van der Waals surface area contributed by atoms with Gasteiger partial charge in [-0.1, -0.05) is 44.2 Å². The number of allylic oxidation sites excluding steroid dienone is 10. The summed E-state index contributed by atoms with van der Waals surface area (Å²) in [5, 5.41) is 2.72. The number of amides is 3. The molecule has 7 rings (SSSR count). The molecule has 0 bridgehead atoms. The highest BCUT2D eigenvalue weighted by Crippen LogP contribution is 2.43. The molecule has 4 unspecified atom stereocenters. The molecule has 0 aromatic carbocycles. The Morgan fingerprint density at radius 2 is 1.43 bits per heavy atom. The van der Waals surface area contributed by atoms with Crippen molar-refractivity contribution in [2.24, 2.45) is 11.8 Å². The van der Waals surface area contributed by atoms with E-state index in [9.17, 15) is 14.4 Å². The average Bonchev–Trinajstić information content (AvgIpc) is 3.98. The zero-order valence-corrected chi connectivity index (χ0v) is 32.5. The zero-order chi connectivity index (χ0) is 38.1. The Hall–Kier alpha value is -4.87. The standard InChI is InChI=1S/C42H55N7O5/c1-25(2)36(47-40(51)53-6)39(50)48-19-7-9-34(48)37-44-24-33(46-37)31-18-17-29-21-28(15-16-30(29)22-31)26-11-13-27(14-12-26)32-23-43-38(45-32)35-10-8-20-49(35)41(52)54-42(3,4)5/h11,13,17-18,21,23-25,30,34-36H,7-10,12,14-16,19-20,22H2,1-6H3,(H,43,45)(H,44,46)(H,47,51). The predicted octanol–water partition coefficient (Wildman–Crippen LogP) is 8.10. The van der Waals surface area contributed by atoms with Gasteiger partial charge in [-0.15, -0.1) is 0 Å². The van der Waals surface area contributed by atoms with Crippen LogP contribution in [0.5, 0.6) is 0 Å². The maximum absolute atomic E-state index is 13.6. The molecule has 2 aliphatic heterocycles. The van der Waals surface area contributed by atoms with Crippen molar-refractivity contribution >= 4 is 29.2 Å². The van der Waals surface area contributed by atoms with Crippen molar-refractivity contribution in [2.75, 3.05) is 20.2 Å². The lowest BCUT2D eigenvalue weighted by Crippen LogP contribution is -2.51. The van der Waals surface area contributed by atoms with Gasteiger partial charge in [0.2, 0.25) is 5.91 Å². The van der Waals surface area contributed by atoms with Crippen molar-refractivity contribution in [3.8, 4) is 0 Å². The van der Waals surface area contributed by atoms with E-state index in [-0.39, 0.29) is 30.0 Å². The van der Waals surface area contributed by atoms with Gasteiger partial charge in [0.15, 0.2) is 0 Å². The molecule has 2 aromatic heterocycles. The van der Waals surface area contributed by atoms with Crippen molar-refractivity contribution < 1.29 is 23.9 Å². The first-order chi connectivity index (χ1) is 25.9. The van der Waals surface area contributed by atoms with Gasteiger partial charge in [0.25, 0.3) is 0 Å². The summed E-state index contributed by atoms with van der Waals surface area (Å²) in [6, 6.07) is -0.903. The molecule has 12 nitrogen and oxygen atoms in total. The molecule has 3 N–H and O–H groups in total. The van der Waals surface area contributed by atoms with E-state index in [4.69, 9.17) is 19.4 Å². The van der Waals surface area contributed by atoms with Crippen LogP contribution in [0.15, 0.2) is 59.5 Å². The maximum Gasteiger partial charge on any atom is 0.410 e. The van der Waals surface area contributed by atoms with Crippen molar-refractivity contribution in [2.45, 2.75) is 116 Å². The molecule has 288 valence electrons. The second-order valence-electron chi connectivity index (χ2n) is 16.6. The number of aromatic amines is 2. The molecule has 2 aromatic rings. The van der Waals surface area contributed by atoms with Crippen LogP contribution in [0.25, 0.3) is 11.1 Å². The Bertz CT molecular complexity index is 1920. The van der Waals surface area contributed by atoms with E-state index in [2.05, 4.69) is 45.7 Å². The third kappa shape index (κ3) is 7.98. The van der Waals surface area contributed by atoms with Crippen LogP contribution < -0.4 is 5.32 Å². The fourth-order valence-corrected chi connectivity index (χ4v) is 8.53. The van der Waals surface area contributed by atoms with Crippen LogP contribution in [0.3, 0.4) is 0 Å². The first-order valence-electron chi connectivity index (χ1n) is 19.6. The Morgan fingerprint density at radius 3 is 2.06 bits per heavy atom. The van der Waals surface area contributed by atoms with Gasteiger partial charge in [-0.25, -0.2) is 19.6 Å². The minimum atomic E-state index is -0.657. The lowest BCUT2D eigenvalue weighted by atomic mass is 9.75. The zero-order valence-electron chi connectivity index (χ0n) is 32.5. The number of alkyl carbamates (subject to hydrolysis) is 1. The van der Waals surface area contributed by atoms with E-state index in [0.717, 1.165) is 80.8 Å². The summed E-state index contributed by atoms with van der Waals surface area (Å²) in [4.78, 5) is 58.6. The van der Waals surface area contributed by atoms with Crippen molar-refractivity contribution in [1.29, 1.82) is 0 Å². The number of hydrogen-bond acceptors (Lipinski definition) is 7. The highest BCUT2D eigenvalue weighted by Gasteiger charge is 2.38. The summed E-state index contributed by atoms with van der Waals surface area (Å²) < 4.78 is 10.4. The summed E-state index contributed by atoms with van der Waals surface area (Å²) in [6.07, 6.45) is 22.8. The minimum Gasteiger partial charge on any atom is -0.453 e. The van der Waals surface area contributed by atoms with Gasteiger partial charge >= 0.3 is 12.2 Å². The van der Waals surface area contributed by atoms with Crippen LogP contribution >= 0.6 is 0 Å². The third-order valence-electron chi connectivity index (χ3n) is 11.4. The lowest BCUT2D eigenvalue weighted by molar-refractivity contribution is -0.135. The fraction of sp³-hybridized carbons (Fsp3) is 0.548. The van der Waals surface area contributed by atoms with E-state index in [1.165, 1.54) is 35.0 Å². The molecule has 2 fully saturated rings. The first-order valence-corrected chi connectivity index (χ1v) is 19.6. The number of hydrogen-bond donors (Lipinski definition) is 3. The quantitative estimate of drug-likeness (QED) is 0.248. The number of likely N-dealkylation sites (tertiary alicyclic amines) is 2. The summed E-state index contributed by atoms with van der Waals surface area (Å²) in [5.41, 5.74) is 8.16. The lowest BCUT2D eigenvalue weighted by Gasteiger charge is -2.30. The van der Waals surface area contributed by atoms with Crippen molar-refractivity contribution in [3.05, 3.63) is 82.5 Å². The fourth-order valence-electron chi connectivity index (χ4n) is 8.53. The molecule has 4 heterocycles. The minimum absolute atomic E-state index is 0.0785. The third-order valence-corrected chi connectivity index (χ3v) is 11.4. The van der Waals surface area contributed by atoms with Gasteiger partial charge in [0.1, 0.15) is 23.3 Å². The second-order valence-corrected chi connectivity index (χ2v) is 16.6. The predicted molar refractivity (Wildman–Crippen MR) is 207 cm³/mol. The highest BCUT2D eigenvalue weighted by molar-refractivity contribution is 5.86. The molecule has 2 saturated heterocycles. The Labute approximate surface area is 318 Å². The smallest absolute Gasteiger partial charge is 0.410 e. The number of imidazole rings is 2. The average molecular weight is 738 g/mol. The number of aromatic nitrogens is 4. The van der Waals surface area contributed by atoms with Crippen LogP contribution in [-0.4, -0.2) is 79.7 Å². The van der Waals surface area contributed by atoms with E-state index in [1.807, 2.05) is 51.9 Å². The Morgan fingerprint density at radius 1 is 0.815 bits per heavy atom. The number of ether oxygens (including phenoxy) is 2. The molecule has 0 radical (unpaired) electrons. The number of H-pyrrole nitrogens is 2. The first kappa shape index (κ1) is 37.4. The molecule has 3 amide bonds. The SMILES string of the molecule is COC(=O)NC(C(=O)N1CCCC1c1ncc(C2=CC=C3C=C(C4=CC=C(c5cnc(C6CCCN6C(=O)OC(C)(C)C)[nH]5)CC4)CCC3C2)[nH]1)C(C)C. The Balaban J connectivity index is 1.00. The molecule has 0 spiro atoms. The summed E-state index contributed by atoms with van der Waals surface area (Å²) in [6.45, 7) is 10.8. The number of fused-ring (bicyclic) bond motifs is 1. The molecule has 54 heavy (non-hydrogen) atoms. The van der Waals surface area contributed by atoms with Gasteiger partial charge in [-0.3, -0.25) is 9.69 Å². The maximum atomic E-state index is 13.6. The van der Waals surface area contributed by atoms with E-state index >= 15 is 0 Å². The number of rotatable bonds is 8. The van der Waals surface area contributed by atoms with Crippen LogP contribution in [0.2, 0.25) is 0 Å². The molecule has 5 aliphatic rings. The van der Waals surface area contributed by atoms with E-state index in [1.54, 1.807) is 4.90 Å². The number of carbonyl (C=O) groups excluding carboxylic acids is 3. The molecular weight excluding hydrogens is 683 g/mol. The van der Waals surface area contributed by atoms with Crippen molar-refractivity contribution in [1.82, 2.24) is 35.1 Å². The number of carbonyl (C=O) groups is 3. The topological polar surface area (TPSA) is 146 Å². The highest BCUT2D eigenvalue weighted by atomic mass is 16.6. The number of nitrogens with one attached hydrogen (secondary N) is 3. The van der Waals surface area contributed by atoms with Crippen LogP contribution in [0.1, 0.15) is 128 Å². The summed E-state index contributed by atoms with van der Waals surface area (Å²) in [7, 11) is 1.31. The van der Waals surface area contributed by atoms with Gasteiger partial charge in [-0.2, -0.15) is 0 Å². The molecule has 12 heteroatoms. The van der Waals surface area contributed by atoms with E-state index in [0.29, 0.717) is 19.0 Å². The van der Waals surface area contributed by atoms with Gasteiger partial charge < -0.3 is 29.7 Å². The monoisotopic (exact) mass is 737 g/mol. The molecule has 0 saturated carbocycles. The normalized spacial score (nSPS) is 23.5. The largest absolute Gasteiger partial charge is 0.453 e. The van der Waals surface area contributed by atoms with Gasteiger partial charge in [-0.05, 0) is 118 Å². The van der Waals surface area contributed by atoms with Crippen LogP contribution in [0.4, 0.5) is 9.59 Å². The second kappa shape index (κ2) is 15.5. The molecule has 3 aliphatic carbocycles. The van der Waals surface area contributed by atoms with Crippen molar-refractivity contribution in [3.63, 3.8) is 0 Å². The van der Waals surface area contributed by atoms with Crippen LogP contribution in [-0.2, 0) is 14.3 Å².